The number of hydrogen-bond acceptors (Lipinski definition) is 1. The summed E-state index contributed by atoms with van der Waals surface area (Å²) in [6, 6.07) is 0.515. The third-order valence-electron chi connectivity index (χ3n) is 3.41. The van der Waals surface area contributed by atoms with Crippen LogP contribution in [0.15, 0.2) is 0 Å². The molecule has 0 aromatic rings. The SMILES string of the molecule is CCCC(CC)C1CCCC1N. The van der Waals surface area contributed by atoms with E-state index in [1.807, 2.05) is 0 Å². The Kier molecular flexibility index (Phi) is 4.07. The molecule has 0 saturated heterocycles. The summed E-state index contributed by atoms with van der Waals surface area (Å²) in [6.07, 6.45) is 8.05. The second-order valence-electron chi connectivity index (χ2n) is 4.22. The van der Waals surface area contributed by atoms with Gasteiger partial charge in [0.1, 0.15) is 0 Å². The van der Waals surface area contributed by atoms with E-state index < -0.39 is 0 Å². The van der Waals surface area contributed by atoms with E-state index in [2.05, 4.69) is 13.8 Å². The van der Waals surface area contributed by atoms with Crippen molar-refractivity contribution in [1.82, 2.24) is 0 Å². The van der Waals surface area contributed by atoms with Crippen LogP contribution < -0.4 is 5.73 Å². The number of nitrogens with two attached hydrogens (primary N) is 1. The molecule has 0 aliphatic heterocycles. The summed E-state index contributed by atoms with van der Waals surface area (Å²) >= 11 is 0. The third kappa shape index (κ3) is 2.22. The van der Waals surface area contributed by atoms with Crippen molar-refractivity contribution in [2.24, 2.45) is 17.6 Å². The predicted molar refractivity (Wildman–Crippen MR) is 54.0 cm³/mol. The molecule has 1 fully saturated rings. The maximum atomic E-state index is 6.09. The zero-order valence-electron chi connectivity index (χ0n) is 8.55. The summed E-state index contributed by atoms with van der Waals surface area (Å²) in [5, 5.41) is 0. The third-order valence-corrected chi connectivity index (χ3v) is 3.41. The van der Waals surface area contributed by atoms with Gasteiger partial charge in [-0.1, -0.05) is 39.5 Å². The van der Waals surface area contributed by atoms with Gasteiger partial charge in [-0.3, -0.25) is 0 Å². The zero-order chi connectivity index (χ0) is 8.97. The zero-order valence-corrected chi connectivity index (χ0v) is 8.55. The number of rotatable bonds is 4. The molecule has 1 heteroatoms. The summed E-state index contributed by atoms with van der Waals surface area (Å²) in [5.41, 5.74) is 6.09. The van der Waals surface area contributed by atoms with Crippen LogP contribution in [-0.4, -0.2) is 6.04 Å². The average molecular weight is 169 g/mol. The van der Waals surface area contributed by atoms with Crippen LogP contribution in [0.25, 0.3) is 0 Å². The van der Waals surface area contributed by atoms with E-state index in [4.69, 9.17) is 5.73 Å². The Morgan fingerprint density at radius 1 is 1.33 bits per heavy atom. The van der Waals surface area contributed by atoms with Crippen LogP contribution in [0.3, 0.4) is 0 Å². The highest BCUT2D eigenvalue weighted by Gasteiger charge is 2.29. The summed E-state index contributed by atoms with van der Waals surface area (Å²) in [6.45, 7) is 4.59. The molecule has 3 unspecified atom stereocenters. The highest BCUT2D eigenvalue weighted by molar-refractivity contribution is 4.84. The quantitative estimate of drug-likeness (QED) is 0.688. The van der Waals surface area contributed by atoms with Crippen molar-refractivity contribution >= 4 is 0 Å². The second-order valence-corrected chi connectivity index (χ2v) is 4.22. The smallest absolute Gasteiger partial charge is 0.00698 e. The van der Waals surface area contributed by atoms with Crippen LogP contribution in [0.4, 0.5) is 0 Å². The largest absolute Gasteiger partial charge is 0.327 e. The molecular formula is C11H23N. The van der Waals surface area contributed by atoms with E-state index in [9.17, 15) is 0 Å². The van der Waals surface area contributed by atoms with E-state index in [-0.39, 0.29) is 0 Å². The van der Waals surface area contributed by atoms with Crippen molar-refractivity contribution in [1.29, 1.82) is 0 Å². The van der Waals surface area contributed by atoms with E-state index in [0.717, 1.165) is 11.8 Å². The minimum atomic E-state index is 0.515. The maximum Gasteiger partial charge on any atom is 0.00698 e. The van der Waals surface area contributed by atoms with E-state index in [0.29, 0.717) is 6.04 Å². The van der Waals surface area contributed by atoms with Gasteiger partial charge in [0.15, 0.2) is 0 Å². The normalized spacial score (nSPS) is 32.2. The fourth-order valence-electron chi connectivity index (χ4n) is 2.69. The molecule has 0 amide bonds. The predicted octanol–water partition coefficient (Wildman–Crippen LogP) is 2.94. The van der Waals surface area contributed by atoms with Gasteiger partial charge in [0.25, 0.3) is 0 Å². The van der Waals surface area contributed by atoms with Gasteiger partial charge >= 0.3 is 0 Å². The lowest BCUT2D eigenvalue weighted by Crippen LogP contribution is -2.30. The van der Waals surface area contributed by atoms with E-state index >= 15 is 0 Å². The molecule has 3 atom stereocenters. The molecule has 0 aromatic heterocycles. The monoisotopic (exact) mass is 169 g/mol. The Balaban J connectivity index is 2.41. The standard InChI is InChI=1S/C11H23N/c1-3-6-9(4-2)10-7-5-8-11(10)12/h9-11H,3-8,12H2,1-2H3. The molecule has 0 spiro atoms. The van der Waals surface area contributed by atoms with Gasteiger partial charge in [-0.15, -0.1) is 0 Å². The Morgan fingerprint density at radius 2 is 2.08 bits per heavy atom. The lowest BCUT2D eigenvalue weighted by Gasteiger charge is -2.25. The molecule has 0 bridgehead atoms. The molecule has 1 aliphatic rings. The van der Waals surface area contributed by atoms with Gasteiger partial charge < -0.3 is 5.73 Å². The molecule has 0 heterocycles. The van der Waals surface area contributed by atoms with Crippen molar-refractivity contribution in [3.05, 3.63) is 0 Å². The first-order chi connectivity index (χ1) is 5.79. The van der Waals surface area contributed by atoms with Gasteiger partial charge in [-0.25, -0.2) is 0 Å². The fraction of sp³-hybridized carbons (Fsp3) is 1.00. The Hall–Kier alpha value is -0.0400. The summed E-state index contributed by atoms with van der Waals surface area (Å²) in [4.78, 5) is 0. The molecule has 1 aliphatic carbocycles. The first-order valence-electron chi connectivity index (χ1n) is 5.55. The van der Waals surface area contributed by atoms with Crippen molar-refractivity contribution in [3.63, 3.8) is 0 Å². The van der Waals surface area contributed by atoms with Crippen LogP contribution in [0.5, 0.6) is 0 Å². The summed E-state index contributed by atoms with van der Waals surface area (Å²) < 4.78 is 0. The molecule has 72 valence electrons. The van der Waals surface area contributed by atoms with Crippen LogP contribution in [0.2, 0.25) is 0 Å². The van der Waals surface area contributed by atoms with Gasteiger partial charge in [-0.05, 0) is 24.7 Å². The van der Waals surface area contributed by atoms with Crippen LogP contribution in [-0.2, 0) is 0 Å². The molecule has 0 radical (unpaired) electrons. The second kappa shape index (κ2) is 4.86. The van der Waals surface area contributed by atoms with Crippen molar-refractivity contribution in [2.45, 2.75) is 58.4 Å². The van der Waals surface area contributed by atoms with Gasteiger partial charge in [0, 0.05) is 6.04 Å². The molecule has 12 heavy (non-hydrogen) atoms. The molecular weight excluding hydrogens is 146 g/mol. The van der Waals surface area contributed by atoms with E-state index in [1.54, 1.807) is 0 Å². The highest BCUT2D eigenvalue weighted by atomic mass is 14.7. The Bertz CT molecular complexity index is 122. The first-order valence-corrected chi connectivity index (χ1v) is 5.55. The lowest BCUT2D eigenvalue weighted by molar-refractivity contribution is 0.282. The lowest BCUT2D eigenvalue weighted by atomic mass is 9.83. The number of hydrogen-bond donors (Lipinski definition) is 1. The minimum absolute atomic E-state index is 0.515. The average Bonchev–Trinajstić information content (AvgIpc) is 2.47. The van der Waals surface area contributed by atoms with Crippen LogP contribution >= 0.6 is 0 Å². The maximum absolute atomic E-state index is 6.09. The van der Waals surface area contributed by atoms with Crippen LogP contribution in [0.1, 0.15) is 52.4 Å². The first kappa shape index (κ1) is 10.0. The molecule has 1 nitrogen and oxygen atoms in total. The van der Waals surface area contributed by atoms with Gasteiger partial charge in [-0.2, -0.15) is 0 Å². The minimum Gasteiger partial charge on any atom is -0.327 e. The molecule has 1 rings (SSSR count). The van der Waals surface area contributed by atoms with Gasteiger partial charge in [0.05, 0.1) is 0 Å². The Morgan fingerprint density at radius 3 is 2.50 bits per heavy atom. The van der Waals surface area contributed by atoms with Crippen molar-refractivity contribution in [2.75, 3.05) is 0 Å². The van der Waals surface area contributed by atoms with Gasteiger partial charge in [0.2, 0.25) is 0 Å². The molecule has 2 N–H and O–H groups in total. The van der Waals surface area contributed by atoms with E-state index in [1.165, 1.54) is 38.5 Å². The summed E-state index contributed by atoms with van der Waals surface area (Å²) in [7, 11) is 0. The molecule has 0 aromatic carbocycles. The topological polar surface area (TPSA) is 26.0 Å². The highest BCUT2D eigenvalue weighted by Crippen LogP contribution is 2.34. The Labute approximate surface area is 76.7 Å². The van der Waals surface area contributed by atoms with Crippen LogP contribution in [0, 0.1) is 11.8 Å². The fourth-order valence-corrected chi connectivity index (χ4v) is 2.69. The summed E-state index contributed by atoms with van der Waals surface area (Å²) in [5.74, 6) is 1.75. The molecule has 1 saturated carbocycles. The van der Waals surface area contributed by atoms with Crippen molar-refractivity contribution < 1.29 is 0 Å². The van der Waals surface area contributed by atoms with Crippen molar-refractivity contribution in [3.8, 4) is 0 Å².